The van der Waals surface area contributed by atoms with Gasteiger partial charge >= 0.3 is 0 Å². The van der Waals surface area contributed by atoms with Crippen LogP contribution in [0.2, 0.25) is 0 Å². The van der Waals surface area contributed by atoms with Gasteiger partial charge in [-0.1, -0.05) is 24.3 Å². The first-order valence-corrected chi connectivity index (χ1v) is 9.65. The Bertz CT molecular complexity index is 839. The zero-order chi connectivity index (χ0) is 19.0. The van der Waals surface area contributed by atoms with E-state index in [0.717, 1.165) is 23.4 Å². The number of piperidine rings is 1. The second-order valence-corrected chi connectivity index (χ2v) is 8.33. The van der Waals surface area contributed by atoms with E-state index in [1.54, 1.807) is 0 Å². The number of amides is 1. The molecule has 1 amide bonds. The van der Waals surface area contributed by atoms with E-state index >= 15 is 0 Å². The van der Waals surface area contributed by atoms with Gasteiger partial charge in [-0.2, -0.15) is 5.06 Å². The van der Waals surface area contributed by atoms with E-state index in [2.05, 4.69) is 11.9 Å². The van der Waals surface area contributed by atoms with Gasteiger partial charge in [-0.3, -0.25) is 14.5 Å². The van der Waals surface area contributed by atoms with E-state index in [1.807, 2.05) is 37.3 Å². The number of likely N-dealkylation sites (N-methyl/N-ethyl adjacent to an activating group) is 1. The van der Waals surface area contributed by atoms with Crippen LogP contribution in [-0.4, -0.2) is 61.0 Å². The molecule has 4 bridgehead atoms. The SMILES string of the molecule is C/C=C1\CN(C)[C@H]2C[C@@]3(C(=O)N(OC)c4ccccc43)[C@H]3C[C@@]1(O)[C@@H]2CO3. The number of hydrogen-bond donors (Lipinski definition) is 1. The molecule has 1 saturated carbocycles. The van der Waals surface area contributed by atoms with Crippen molar-refractivity contribution in [2.45, 2.75) is 42.9 Å². The summed E-state index contributed by atoms with van der Waals surface area (Å²) in [6.45, 7) is 3.18. The molecule has 0 radical (unpaired) electrons. The summed E-state index contributed by atoms with van der Waals surface area (Å²) in [6, 6.07) is 7.89. The molecule has 27 heavy (non-hydrogen) atoms. The normalized spacial score (nSPS) is 42.1. The fourth-order valence-electron chi connectivity index (χ4n) is 6.02. The number of nitrogens with zero attached hydrogens (tertiary/aromatic N) is 2. The van der Waals surface area contributed by atoms with Gasteiger partial charge in [0.1, 0.15) is 5.41 Å². The molecule has 6 heteroatoms. The van der Waals surface area contributed by atoms with Gasteiger partial charge in [0.2, 0.25) is 0 Å². The molecule has 5 aliphatic rings. The molecule has 0 unspecified atom stereocenters. The van der Waals surface area contributed by atoms with Crippen molar-refractivity contribution < 1.29 is 19.5 Å². The molecule has 4 fully saturated rings. The molecule has 6 rings (SSSR count). The van der Waals surface area contributed by atoms with Gasteiger partial charge in [0.15, 0.2) is 0 Å². The van der Waals surface area contributed by atoms with E-state index in [0.29, 0.717) is 19.4 Å². The van der Waals surface area contributed by atoms with E-state index in [-0.39, 0.29) is 24.0 Å². The maximum atomic E-state index is 13.7. The van der Waals surface area contributed by atoms with Crippen LogP contribution in [-0.2, 0) is 19.8 Å². The molecule has 4 aliphatic heterocycles. The predicted octanol–water partition coefficient (Wildman–Crippen LogP) is 1.63. The number of anilines is 1. The van der Waals surface area contributed by atoms with Crippen LogP contribution < -0.4 is 5.06 Å². The first kappa shape index (κ1) is 17.4. The average molecular weight is 370 g/mol. The van der Waals surface area contributed by atoms with Gasteiger partial charge in [0.25, 0.3) is 5.91 Å². The minimum absolute atomic E-state index is 0.0327. The van der Waals surface area contributed by atoms with Crippen molar-refractivity contribution in [3.05, 3.63) is 41.5 Å². The van der Waals surface area contributed by atoms with Crippen LogP contribution in [0.25, 0.3) is 0 Å². The van der Waals surface area contributed by atoms with Crippen molar-refractivity contribution in [3.63, 3.8) is 0 Å². The number of ether oxygens (including phenoxy) is 1. The van der Waals surface area contributed by atoms with Crippen molar-refractivity contribution in [1.29, 1.82) is 0 Å². The highest BCUT2D eigenvalue weighted by Crippen LogP contribution is 2.58. The zero-order valence-electron chi connectivity index (χ0n) is 16.0. The van der Waals surface area contributed by atoms with Crippen molar-refractivity contribution in [2.24, 2.45) is 5.92 Å². The third-order valence-corrected chi connectivity index (χ3v) is 7.37. The number of hydrogen-bond acceptors (Lipinski definition) is 5. The zero-order valence-corrected chi connectivity index (χ0v) is 16.0. The number of aliphatic hydroxyl groups is 1. The highest BCUT2D eigenvalue weighted by Gasteiger charge is 2.67. The first-order valence-electron chi connectivity index (χ1n) is 9.65. The molecule has 1 spiro atoms. The Hall–Kier alpha value is -1.73. The van der Waals surface area contributed by atoms with Crippen molar-refractivity contribution in [2.75, 3.05) is 32.4 Å². The van der Waals surface area contributed by atoms with Gasteiger partial charge in [0, 0.05) is 24.9 Å². The molecule has 0 aromatic heterocycles. The Kier molecular flexibility index (Phi) is 3.63. The molecule has 3 saturated heterocycles. The van der Waals surface area contributed by atoms with Crippen LogP contribution in [0.5, 0.6) is 0 Å². The Balaban J connectivity index is 1.73. The minimum Gasteiger partial charge on any atom is -0.385 e. The number of benzene rings is 1. The molecule has 1 N–H and O–H groups in total. The Morgan fingerprint density at radius 1 is 1.33 bits per heavy atom. The van der Waals surface area contributed by atoms with Crippen LogP contribution in [0.1, 0.15) is 25.3 Å². The predicted molar refractivity (Wildman–Crippen MR) is 100 cm³/mol. The van der Waals surface area contributed by atoms with Crippen LogP contribution in [0.15, 0.2) is 35.9 Å². The van der Waals surface area contributed by atoms with Gasteiger partial charge in [-0.15, -0.1) is 0 Å². The second kappa shape index (κ2) is 5.64. The summed E-state index contributed by atoms with van der Waals surface area (Å²) in [5.74, 6) is -0.113. The van der Waals surface area contributed by atoms with Crippen LogP contribution in [0, 0.1) is 5.92 Å². The van der Waals surface area contributed by atoms with E-state index in [4.69, 9.17) is 9.57 Å². The number of carbonyl (C=O) groups is 1. The third kappa shape index (κ3) is 1.96. The summed E-state index contributed by atoms with van der Waals surface area (Å²) in [7, 11) is 3.61. The van der Waals surface area contributed by atoms with Gasteiger partial charge in [-0.05, 0) is 37.6 Å². The van der Waals surface area contributed by atoms with E-state index in [9.17, 15) is 9.90 Å². The molecular formula is C21H26N2O4. The highest BCUT2D eigenvalue weighted by molar-refractivity contribution is 6.07. The lowest BCUT2D eigenvalue weighted by molar-refractivity contribution is -0.157. The quantitative estimate of drug-likeness (QED) is 0.762. The lowest BCUT2D eigenvalue weighted by atomic mass is 9.70. The summed E-state index contributed by atoms with van der Waals surface area (Å²) in [6.07, 6.45) is 2.73. The van der Waals surface area contributed by atoms with E-state index < -0.39 is 11.0 Å². The number of allylic oxidation sites excluding steroid dienone is 1. The standard InChI is InChI=1S/C21H26N2O4/c1-4-13-11-22(2)17-9-20(18-10-21(13,25)15(17)12-27-18)14-7-5-6-8-16(14)23(26-3)19(20)24/h4-8,15,17-18,25H,9-12H2,1-3H3/b13-4+/t15-,17+,18-,20+,21+/m1/s1. The summed E-state index contributed by atoms with van der Waals surface area (Å²) in [5, 5.41) is 13.1. The van der Waals surface area contributed by atoms with Gasteiger partial charge < -0.3 is 9.84 Å². The number of fused-ring (bicyclic) bond motifs is 2. The number of hydroxylamine groups is 1. The molecular weight excluding hydrogens is 344 g/mol. The summed E-state index contributed by atoms with van der Waals surface area (Å²) < 4.78 is 6.29. The second-order valence-electron chi connectivity index (χ2n) is 8.33. The topological polar surface area (TPSA) is 62.2 Å². The number of rotatable bonds is 1. The Morgan fingerprint density at radius 2 is 2.11 bits per heavy atom. The first-order chi connectivity index (χ1) is 13.0. The van der Waals surface area contributed by atoms with Crippen molar-refractivity contribution in [3.8, 4) is 0 Å². The molecule has 144 valence electrons. The average Bonchev–Trinajstić information content (AvgIpc) is 2.77. The summed E-state index contributed by atoms with van der Waals surface area (Å²) in [5.41, 5.74) is 1.05. The van der Waals surface area contributed by atoms with Crippen molar-refractivity contribution >= 4 is 11.6 Å². The summed E-state index contributed by atoms with van der Waals surface area (Å²) in [4.78, 5) is 21.4. The van der Waals surface area contributed by atoms with Crippen LogP contribution >= 0.6 is 0 Å². The largest absolute Gasteiger partial charge is 0.385 e. The Morgan fingerprint density at radius 3 is 2.85 bits per heavy atom. The van der Waals surface area contributed by atoms with E-state index in [1.165, 1.54) is 12.2 Å². The maximum Gasteiger partial charge on any atom is 0.264 e. The molecule has 4 heterocycles. The molecule has 1 aliphatic carbocycles. The summed E-state index contributed by atoms with van der Waals surface area (Å²) >= 11 is 0. The third-order valence-electron chi connectivity index (χ3n) is 7.37. The molecule has 6 nitrogen and oxygen atoms in total. The van der Waals surface area contributed by atoms with Crippen LogP contribution in [0.4, 0.5) is 5.69 Å². The Labute approximate surface area is 159 Å². The van der Waals surface area contributed by atoms with Crippen LogP contribution in [0.3, 0.4) is 0 Å². The van der Waals surface area contributed by atoms with Gasteiger partial charge in [0.05, 0.1) is 31.1 Å². The lowest BCUT2D eigenvalue weighted by Crippen LogP contribution is -2.61. The lowest BCUT2D eigenvalue weighted by Gasteiger charge is -2.51. The monoisotopic (exact) mass is 370 g/mol. The number of para-hydroxylation sites is 1. The molecule has 5 atom stereocenters. The smallest absolute Gasteiger partial charge is 0.264 e. The fourth-order valence-corrected chi connectivity index (χ4v) is 6.02. The van der Waals surface area contributed by atoms with Crippen molar-refractivity contribution in [1.82, 2.24) is 4.90 Å². The number of likely N-dealkylation sites (tertiary alicyclic amines) is 1. The fraction of sp³-hybridized carbons (Fsp3) is 0.571. The minimum atomic E-state index is -0.909. The highest BCUT2D eigenvalue weighted by atomic mass is 16.7. The molecule has 1 aromatic carbocycles. The maximum absolute atomic E-state index is 13.7. The number of carbonyl (C=O) groups excluding carboxylic acids is 1. The molecule has 1 aromatic rings. The van der Waals surface area contributed by atoms with Gasteiger partial charge in [-0.25, -0.2) is 0 Å².